The standard InChI is InChI=1S/C27H24N4O2/c1-15-12-13-16(22-17-8-4-6-10-20(17)30(2)24(22)26(28)32)14-19(15)23-18-9-5-7-11-21(18)31(3)25(23)27(29)33/h4-14H,1-3H3,(H2,28,32)(H2,29,33). The molecule has 6 nitrogen and oxygen atoms in total. The highest BCUT2D eigenvalue weighted by molar-refractivity contribution is 6.12. The predicted molar refractivity (Wildman–Crippen MR) is 132 cm³/mol. The predicted octanol–water partition coefficient (Wildman–Crippen LogP) is 4.51. The Morgan fingerprint density at radius 2 is 1.18 bits per heavy atom. The zero-order valence-corrected chi connectivity index (χ0v) is 18.7. The molecule has 0 saturated carbocycles. The molecule has 2 aromatic heterocycles. The van der Waals surface area contributed by atoms with Crippen LogP contribution in [0.15, 0.2) is 66.7 Å². The fourth-order valence-electron chi connectivity index (χ4n) is 4.98. The molecule has 0 atom stereocenters. The van der Waals surface area contributed by atoms with Gasteiger partial charge in [-0.05, 0) is 41.8 Å². The fraction of sp³-hybridized carbons (Fsp3) is 0.111. The van der Waals surface area contributed by atoms with Crippen molar-refractivity contribution in [2.24, 2.45) is 25.6 Å². The van der Waals surface area contributed by atoms with E-state index in [0.717, 1.165) is 49.6 Å². The number of nitrogens with zero attached hydrogens (tertiary/aromatic N) is 2. The number of benzene rings is 3. The van der Waals surface area contributed by atoms with Crippen molar-refractivity contribution in [3.8, 4) is 22.3 Å². The van der Waals surface area contributed by atoms with Crippen LogP contribution < -0.4 is 11.5 Å². The monoisotopic (exact) mass is 436 g/mol. The number of aryl methyl sites for hydroxylation is 3. The molecule has 2 amide bonds. The van der Waals surface area contributed by atoms with E-state index < -0.39 is 11.8 Å². The molecule has 6 heteroatoms. The van der Waals surface area contributed by atoms with Crippen molar-refractivity contribution in [2.45, 2.75) is 6.92 Å². The Bertz CT molecular complexity index is 1600. The van der Waals surface area contributed by atoms with E-state index >= 15 is 0 Å². The van der Waals surface area contributed by atoms with E-state index in [4.69, 9.17) is 11.5 Å². The normalized spacial score (nSPS) is 11.4. The number of primary amides is 2. The van der Waals surface area contributed by atoms with Crippen LogP contribution in [0.5, 0.6) is 0 Å². The van der Waals surface area contributed by atoms with Crippen molar-refractivity contribution >= 4 is 33.6 Å². The first kappa shape index (κ1) is 20.6. The molecule has 5 rings (SSSR count). The molecular formula is C27H24N4O2. The van der Waals surface area contributed by atoms with Gasteiger partial charge in [-0.1, -0.05) is 48.5 Å². The number of carbonyl (C=O) groups is 2. The van der Waals surface area contributed by atoms with Crippen molar-refractivity contribution in [3.63, 3.8) is 0 Å². The van der Waals surface area contributed by atoms with Crippen LogP contribution in [-0.2, 0) is 14.1 Å². The van der Waals surface area contributed by atoms with Gasteiger partial charge in [0.2, 0.25) is 0 Å². The Morgan fingerprint density at radius 3 is 1.73 bits per heavy atom. The maximum atomic E-state index is 12.5. The summed E-state index contributed by atoms with van der Waals surface area (Å²) in [5, 5.41) is 1.89. The van der Waals surface area contributed by atoms with Gasteiger partial charge in [0.1, 0.15) is 11.4 Å². The topological polar surface area (TPSA) is 96.0 Å². The van der Waals surface area contributed by atoms with E-state index in [1.807, 2.05) is 96.9 Å². The summed E-state index contributed by atoms with van der Waals surface area (Å²) in [7, 11) is 3.69. The van der Waals surface area contributed by atoms with Gasteiger partial charge in [-0.15, -0.1) is 0 Å². The Morgan fingerprint density at radius 1 is 0.697 bits per heavy atom. The van der Waals surface area contributed by atoms with Crippen LogP contribution in [0.25, 0.3) is 44.1 Å². The second-order valence-corrected chi connectivity index (χ2v) is 8.36. The first-order valence-corrected chi connectivity index (χ1v) is 10.7. The smallest absolute Gasteiger partial charge is 0.266 e. The number of hydrogen-bond acceptors (Lipinski definition) is 2. The van der Waals surface area contributed by atoms with Crippen molar-refractivity contribution < 1.29 is 9.59 Å². The summed E-state index contributed by atoms with van der Waals surface area (Å²) in [6, 6.07) is 21.7. The number of fused-ring (bicyclic) bond motifs is 2. The molecule has 0 unspecified atom stereocenters. The van der Waals surface area contributed by atoms with Gasteiger partial charge in [0, 0.05) is 47.0 Å². The van der Waals surface area contributed by atoms with Crippen molar-refractivity contribution in [3.05, 3.63) is 83.7 Å². The second-order valence-electron chi connectivity index (χ2n) is 8.36. The van der Waals surface area contributed by atoms with Gasteiger partial charge in [0.15, 0.2) is 0 Å². The lowest BCUT2D eigenvalue weighted by Gasteiger charge is -2.12. The van der Waals surface area contributed by atoms with Gasteiger partial charge >= 0.3 is 0 Å². The van der Waals surface area contributed by atoms with Gasteiger partial charge < -0.3 is 20.6 Å². The number of hydrogen-bond donors (Lipinski definition) is 2. The van der Waals surface area contributed by atoms with Crippen LogP contribution in [0.2, 0.25) is 0 Å². The van der Waals surface area contributed by atoms with Gasteiger partial charge in [-0.3, -0.25) is 9.59 Å². The summed E-state index contributed by atoms with van der Waals surface area (Å²) >= 11 is 0. The number of amides is 2. The van der Waals surface area contributed by atoms with E-state index in [1.165, 1.54) is 0 Å². The molecule has 5 aromatic rings. The van der Waals surface area contributed by atoms with Gasteiger partial charge in [-0.25, -0.2) is 0 Å². The van der Waals surface area contributed by atoms with E-state index in [2.05, 4.69) is 0 Å². The summed E-state index contributed by atoms with van der Waals surface area (Å²) in [6.07, 6.45) is 0. The van der Waals surface area contributed by atoms with E-state index in [0.29, 0.717) is 11.4 Å². The fourth-order valence-corrected chi connectivity index (χ4v) is 4.98. The third kappa shape index (κ3) is 2.95. The Labute approximate surface area is 191 Å². The summed E-state index contributed by atoms with van der Waals surface area (Å²) in [5.41, 5.74) is 18.7. The first-order valence-electron chi connectivity index (χ1n) is 10.7. The Balaban J connectivity index is 1.87. The lowest BCUT2D eigenvalue weighted by molar-refractivity contribution is 0.0985. The molecule has 3 aromatic carbocycles. The molecule has 0 radical (unpaired) electrons. The summed E-state index contributed by atoms with van der Waals surface area (Å²) in [4.78, 5) is 25.0. The number of para-hydroxylation sites is 2. The molecule has 2 heterocycles. The first-order chi connectivity index (χ1) is 15.8. The second kappa shape index (κ2) is 7.38. The van der Waals surface area contributed by atoms with Gasteiger partial charge in [0.05, 0.1) is 0 Å². The zero-order chi connectivity index (χ0) is 23.4. The molecule has 0 aliphatic carbocycles. The maximum absolute atomic E-state index is 12.5. The summed E-state index contributed by atoms with van der Waals surface area (Å²) < 4.78 is 3.67. The quantitative estimate of drug-likeness (QED) is 0.433. The Kier molecular flexibility index (Phi) is 4.60. The number of nitrogens with two attached hydrogens (primary N) is 2. The van der Waals surface area contributed by atoms with E-state index in [1.54, 1.807) is 0 Å². The molecule has 164 valence electrons. The third-order valence-corrected chi connectivity index (χ3v) is 6.48. The van der Waals surface area contributed by atoms with Crippen LogP contribution >= 0.6 is 0 Å². The lowest BCUT2D eigenvalue weighted by atomic mass is 9.92. The molecule has 33 heavy (non-hydrogen) atoms. The van der Waals surface area contributed by atoms with Gasteiger partial charge in [0.25, 0.3) is 11.8 Å². The lowest BCUT2D eigenvalue weighted by Crippen LogP contribution is -2.16. The highest BCUT2D eigenvalue weighted by Crippen LogP contribution is 2.40. The van der Waals surface area contributed by atoms with Crippen LogP contribution in [0.1, 0.15) is 26.5 Å². The molecule has 4 N–H and O–H groups in total. The Hall–Kier alpha value is -4.32. The molecular weight excluding hydrogens is 412 g/mol. The van der Waals surface area contributed by atoms with Crippen molar-refractivity contribution in [1.82, 2.24) is 9.13 Å². The largest absolute Gasteiger partial charge is 0.364 e. The maximum Gasteiger partial charge on any atom is 0.266 e. The SMILES string of the molecule is Cc1ccc(-c2c(C(N)=O)n(C)c3ccccc23)cc1-c1c(C(N)=O)n(C)c2ccccc12. The van der Waals surface area contributed by atoms with Crippen molar-refractivity contribution in [1.29, 1.82) is 0 Å². The third-order valence-electron chi connectivity index (χ3n) is 6.48. The average molecular weight is 437 g/mol. The average Bonchev–Trinajstić information content (AvgIpc) is 3.26. The highest BCUT2D eigenvalue weighted by Gasteiger charge is 2.24. The minimum atomic E-state index is -0.492. The number of carbonyl (C=O) groups excluding carboxylic acids is 2. The number of rotatable bonds is 4. The van der Waals surface area contributed by atoms with Crippen molar-refractivity contribution in [2.75, 3.05) is 0 Å². The van der Waals surface area contributed by atoms with Crippen LogP contribution in [0.3, 0.4) is 0 Å². The molecule has 0 saturated heterocycles. The summed E-state index contributed by atoms with van der Waals surface area (Å²) in [5.74, 6) is -0.981. The van der Waals surface area contributed by atoms with E-state index in [-0.39, 0.29) is 0 Å². The molecule has 0 aliphatic heterocycles. The van der Waals surface area contributed by atoms with Crippen LogP contribution in [0, 0.1) is 6.92 Å². The summed E-state index contributed by atoms with van der Waals surface area (Å²) in [6.45, 7) is 2.00. The molecule has 0 fully saturated rings. The number of aromatic nitrogens is 2. The van der Waals surface area contributed by atoms with Crippen LogP contribution in [0.4, 0.5) is 0 Å². The molecule has 0 bridgehead atoms. The minimum absolute atomic E-state index is 0.444. The highest BCUT2D eigenvalue weighted by atomic mass is 16.1. The van der Waals surface area contributed by atoms with E-state index in [9.17, 15) is 9.59 Å². The van der Waals surface area contributed by atoms with Crippen LogP contribution in [-0.4, -0.2) is 20.9 Å². The zero-order valence-electron chi connectivity index (χ0n) is 18.7. The van der Waals surface area contributed by atoms with Gasteiger partial charge in [-0.2, -0.15) is 0 Å². The molecule has 0 spiro atoms. The molecule has 0 aliphatic rings. The minimum Gasteiger partial charge on any atom is -0.364 e.